The second kappa shape index (κ2) is 9.11. The van der Waals surface area contributed by atoms with Crippen molar-refractivity contribution in [1.82, 2.24) is 5.32 Å². The fourth-order valence-electron chi connectivity index (χ4n) is 2.48. The van der Waals surface area contributed by atoms with Crippen molar-refractivity contribution in [1.29, 1.82) is 0 Å². The van der Waals surface area contributed by atoms with Crippen LogP contribution in [-0.2, 0) is 4.79 Å². The molecule has 1 amide bonds. The average molecular weight is 341 g/mol. The Morgan fingerprint density at radius 2 is 1.76 bits per heavy atom. The minimum atomic E-state index is -0.501. The molecule has 2 aromatic rings. The molecule has 0 saturated carbocycles. The van der Waals surface area contributed by atoms with Gasteiger partial charge in [0.2, 0.25) is 0 Å². The number of para-hydroxylation sites is 1. The van der Waals surface area contributed by atoms with Crippen LogP contribution in [0.15, 0.2) is 42.5 Å². The lowest BCUT2D eigenvalue weighted by molar-refractivity contribution is -0.128. The lowest BCUT2D eigenvalue weighted by Crippen LogP contribution is -2.39. The summed E-state index contributed by atoms with van der Waals surface area (Å²) >= 11 is 0. The summed E-state index contributed by atoms with van der Waals surface area (Å²) in [6, 6.07) is 13.8. The van der Waals surface area contributed by atoms with Gasteiger partial charge < -0.3 is 14.8 Å². The summed E-state index contributed by atoms with van der Waals surface area (Å²) in [5, 5.41) is 2.89. The molecule has 0 aliphatic rings. The Kier molecular flexibility index (Phi) is 6.87. The van der Waals surface area contributed by atoms with Gasteiger partial charge in [0.25, 0.3) is 5.91 Å². The molecule has 4 nitrogen and oxygen atoms in total. The van der Waals surface area contributed by atoms with Crippen molar-refractivity contribution in [2.45, 2.75) is 40.2 Å². The molecule has 0 aliphatic carbocycles. The van der Waals surface area contributed by atoms with Gasteiger partial charge in [-0.3, -0.25) is 4.79 Å². The molecule has 0 aromatic heterocycles. The zero-order valence-corrected chi connectivity index (χ0v) is 15.5. The molecule has 2 aromatic carbocycles. The molecule has 25 heavy (non-hydrogen) atoms. The summed E-state index contributed by atoms with van der Waals surface area (Å²) in [6.07, 6.45) is 0.108. The first-order valence-electron chi connectivity index (χ1n) is 8.71. The third kappa shape index (κ3) is 5.52. The van der Waals surface area contributed by atoms with E-state index >= 15 is 0 Å². The second-order valence-electron chi connectivity index (χ2n) is 6.19. The van der Waals surface area contributed by atoms with Crippen molar-refractivity contribution in [2.75, 3.05) is 13.2 Å². The first-order valence-corrected chi connectivity index (χ1v) is 8.71. The van der Waals surface area contributed by atoms with Crippen LogP contribution in [0.1, 0.15) is 30.0 Å². The van der Waals surface area contributed by atoms with Crippen LogP contribution in [0.4, 0.5) is 0 Å². The molecular formula is C21H27NO3. The number of ether oxygens (including phenoxy) is 2. The largest absolute Gasteiger partial charge is 0.491 e. The van der Waals surface area contributed by atoms with Crippen LogP contribution >= 0.6 is 0 Å². The summed E-state index contributed by atoms with van der Waals surface area (Å²) in [5.41, 5.74) is 3.22. The van der Waals surface area contributed by atoms with E-state index in [1.54, 1.807) is 0 Å². The number of nitrogens with one attached hydrogen (secondary N) is 1. The highest BCUT2D eigenvalue weighted by atomic mass is 16.5. The molecule has 0 spiro atoms. The minimum absolute atomic E-state index is 0.114. The number of amides is 1. The van der Waals surface area contributed by atoms with Crippen LogP contribution in [-0.4, -0.2) is 25.2 Å². The van der Waals surface area contributed by atoms with Crippen molar-refractivity contribution in [3.05, 3.63) is 59.2 Å². The van der Waals surface area contributed by atoms with Gasteiger partial charge in [0.15, 0.2) is 6.10 Å². The first kappa shape index (κ1) is 18.8. The van der Waals surface area contributed by atoms with Gasteiger partial charge in [-0.05, 0) is 56.0 Å². The van der Waals surface area contributed by atoms with E-state index in [1.807, 2.05) is 70.2 Å². The lowest BCUT2D eigenvalue weighted by Gasteiger charge is -2.19. The molecule has 1 unspecified atom stereocenters. The highest BCUT2D eigenvalue weighted by Gasteiger charge is 2.18. The van der Waals surface area contributed by atoms with E-state index < -0.39 is 6.10 Å². The van der Waals surface area contributed by atoms with E-state index in [2.05, 4.69) is 5.32 Å². The molecule has 134 valence electrons. The van der Waals surface area contributed by atoms with Gasteiger partial charge in [0.05, 0.1) is 6.54 Å². The van der Waals surface area contributed by atoms with E-state index in [1.165, 1.54) is 0 Å². The molecule has 0 fully saturated rings. The Hall–Kier alpha value is -2.49. The molecule has 0 radical (unpaired) electrons. The molecular weight excluding hydrogens is 314 g/mol. The predicted molar refractivity (Wildman–Crippen MR) is 100 cm³/mol. The third-order valence-corrected chi connectivity index (χ3v) is 4.03. The van der Waals surface area contributed by atoms with Crippen molar-refractivity contribution in [3.8, 4) is 11.5 Å². The van der Waals surface area contributed by atoms with Crippen molar-refractivity contribution in [2.24, 2.45) is 0 Å². The standard InChI is InChI=1S/C21H27NO3/c1-5-18(25-20-14-15(2)10-11-17(20)4)21(23)22-12-13-24-19-9-7-6-8-16(19)3/h6-11,14,18H,5,12-13H2,1-4H3,(H,22,23). The molecule has 0 aliphatic heterocycles. The van der Waals surface area contributed by atoms with E-state index in [0.29, 0.717) is 19.6 Å². The van der Waals surface area contributed by atoms with Crippen LogP contribution in [0.5, 0.6) is 11.5 Å². The number of benzene rings is 2. The van der Waals surface area contributed by atoms with E-state index in [0.717, 1.165) is 28.2 Å². The molecule has 0 saturated heterocycles. The number of rotatable bonds is 8. The third-order valence-electron chi connectivity index (χ3n) is 4.03. The van der Waals surface area contributed by atoms with Crippen LogP contribution < -0.4 is 14.8 Å². The number of hydrogen-bond acceptors (Lipinski definition) is 3. The summed E-state index contributed by atoms with van der Waals surface area (Å²) in [7, 11) is 0. The van der Waals surface area contributed by atoms with Crippen LogP contribution in [0, 0.1) is 20.8 Å². The van der Waals surface area contributed by atoms with Crippen molar-refractivity contribution in [3.63, 3.8) is 0 Å². The number of hydrogen-bond donors (Lipinski definition) is 1. The second-order valence-corrected chi connectivity index (χ2v) is 6.19. The Morgan fingerprint density at radius 1 is 1.04 bits per heavy atom. The van der Waals surface area contributed by atoms with Crippen LogP contribution in [0.3, 0.4) is 0 Å². The quantitative estimate of drug-likeness (QED) is 0.739. The van der Waals surface area contributed by atoms with Gasteiger partial charge >= 0.3 is 0 Å². The van der Waals surface area contributed by atoms with Gasteiger partial charge in [0, 0.05) is 0 Å². The van der Waals surface area contributed by atoms with Crippen molar-refractivity contribution >= 4 is 5.91 Å². The fraction of sp³-hybridized carbons (Fsp3) is 0.381. The van der Waals surface area contributed by atoms with Gasteiger partial charge in [-0.1, -0.05) is 37.3 Å². The summed E-state index contributed by atoms with van der Waals surface area (Å²) in [6.45, 7) is 8.81. The minimum Gasteiger partial charge on any atom is -0.491 e. The average Bonchev–Trinajstić information content (AvgIpc) is 2.60. The molecule has 1 atom stereocenters. The zero-order chi connectivity index (χ0) is 18.2. The van der Waals surface area contributed by atoms with Crippen molar-refractivity contribution < 1.29 is 14.3 Å². The maximum absolute atomic E-state index is 12.4. The number of carbonyl (C=O) groups excluding carboxylic acids is 1. The van der Waals surface area contributed by atoms with Gasteiger partial charge in [-0.2, -0.15) is 0 Å². The van der Waals surface area contributed by atoms with E-state index in [9.17, 15) is 4.79 Å². The number of carbonyl (C=O) groups is 1. The summed E-state index contributed by atoms with van der Waals surface area (Å²) < 4.78 is 11.6. The molecule has 2 rings (SSSR count). The smallest absolute Gasteiger partial charge is 0.261 e. The molecule has 1 N–H and O–H groups in total. The monoisotopic (exact) mass is 341 g/mol. The van der Waals surface area contributed by atoms with Gasteiger partial charge in [-0.25, -0.2) is 0 Å². The Bertz CT molecular complexity index is 712. The highest BCUT2D eigenvalue weighted by molar-refractivity contribution is 5.81. The predicted octanol–water partition coefficient (Wildman–Crippen LogP) is 3.96. The van der Waals surface area contributed by atoms with Gasteiger partial charge in [0.1, 0.15) is 18.1 Å². The SMILES string of the molecule is CCC(Oc1cc(C)ccc1C)C(=O)NCCOc1ccccc1C. The maximum Gasteiger partial charge on any atom is 0.261 e. The Morgan fingerprint density at radius 3 is 2.48 bits per heavy atom. The first-order chi connectivity index (χ1) is 12.0. The zero-order valence-electron chi connectivity index (χ0n) is 15.5. The van der Waals surface area contributed by atoms with E-state index in [4.69, 9.17) is 9.47 Å². The normalized spacial score (nSPS) is 11.7. The molecule has 0 bridgehead atoms. The highest BCUT2D eigenvalue weighted by Crippen LogP contribution is 2.21. The lowest BCUT2D eigenvalue weighted by atomic mass is 10.1. The number of aryl methyl sites for hydroxylation is 3. The van der Waals surface area contributed by atoms with Gasteiger partial charge in [-0.15, -0.1) is 0 Å². The summed E-state index contributed by atoms with van der Waals surface area (Å²) in [4.78, 5) is 12.4. The Labute approximate surface area is 150 Å². The topological polar surface area (TPSA) is 47.6 Å². The fourth-order valence-corrected chi connectivity index (χ4v) is 2.48. The Balaban J connectivity index is 1.83. The van der Waals surface area contributed by atoms with E-state index in [-0.39, 0.29) is 5.91 Å². The molecule has 4 heteroatoms. The maximum atomic E-state index is 12.4. The molecule has 0 heterocycles. The summed E-state index contributed by atoms with van der Waals surface area (Å²) in [5.74, 6) is 1.49. The van der Waals surface area contributed by atoms with Crippen LogP contribution in [0.25, 0.3) is 0 Å². The van der Waals surface area contributed by atoms with Crippen LogP contribution in [0.2, 0.25) is 0 Å².